The number of rotatable bonds is 11. The zero-order valence-electron chi connectivity index (χ0n) is 11.2. The molecule has 0 saturated heterocycles. The van der Waals surface area contributed by atoms with Crippen LogP contribution in [0.3, 0.4) is 0 Å². The third-order valence-corrected chi connectivity index (χ3v) is 2.81. The number of carbonyl (C=O) groups is 2. The summed E-state index contributed by atoms with van der Waals surface area (Å²) in [6.45, 7) is 1.94. The second kappa shape index (κ2) is 10.8. The molecule has 0 saturated carbocycles. The molecule has 0 bridgehead atoms. The fourth-order valence-electron chi connectivity index (χ4n) is 1.84. The molecule has 0 spiro atoms. The van der Waals surface area contributed by atoms with Crippen LogP contribution in [0.15, 0.2) is 11.6 Å². The minimum absolute atomic E-state index is 0.252. The van der Waals surface area contributed by atoms with E-state index in [1.54, 1.807) is 6.08 Å². The molecule has 0 rings (SSSR count). The van der Waals surface area contributed by atoms with Crippen molar-refractivity contribution < 1.29 is 19.8 Å². The maximum atomic E-state index is 10.8. The van der Waals surface area contributed by atoms with Gasteiger partial charge in [0.25, 0.3) is 0 Å². The molecule has 2 N–H and O–H groups in total. The molecular weight excluding hydrogens is 232 g/mol. The van der Waals surface area contributed by atoms with Crippen LogP contribution in [-0.2, 0) is 9.59 Å². The number of aliphatic carboxylic acids is 2. The standard InChI is InChI=1S/C14H24O4/c1-2-9-12(14(17)18)10-7-5-3-4-6-8-11-13(15)16/h9H,2-8,10-11H2,1H3,(H,15,16)(H,17,18). The lowest BCUT2D eigenvalue weighted by Crippen LogP contribution is -2.00. The zero-order valence-corrected chi connectivity index (χ0v) is 11.2. The molecule has 0 aliphatic carbocycles. The number of carboxylic acids is 2. The van der Waals surface area contributed by atoms with Gasteiger partial charge in [-0.1, -0.05) is 38.7 Å². The Morgan fingerprint density at radius 3 is 1.83 bits per heavy atom. The lowest BCUT2D eigenvalue weighted by Gasteiger charge is -2.03. The quantitative estimate of drug-likeness (QED) is 0.437. The van der Waals surface area contributed by atoms with E-state index < -0.39 is 11.9 Å². The van der Waals surface area contributed by atoms with Crippen molar-refractivity contribution in [1.82, 2.24) is 0 Å². The van der Waals surface area contributed by atoms with Crippen LogP contribution in [0, 0.1) is 0 Å². The molecule has 0 atom stereocenters. The Balaban J connectivity index is 3.47. The van der Waals surface area contributed by atoms with E-state index in [-0.39, 0.29) is 6.42 Å². The highest BCUT2D eigenvalue weighted by Gasteiger charge is 2.05. The number of hydrogen-bond acceptors (Lipinski definition) is 2. The number of hydrogen-bond donors (Lipinski definition) is 2. The van der Waals surface area contributed by atoms with Crippen molar-refractivity contribution >= 4 is 11.9 Å². The minimum atomic E-state index is -0.807. The van der Waals surface area contributed by atoms with Crippen LogP contribution >= 0.6 is 0 Å². The van der Waals surface area contributed by atoms with Gasteiger partial charge in [-0.05, 0) is 25.7 Å². The van der Waals surface area contributed by atoms with E-state index in [4.69, 9.17) is 10.2 Å². The summed E-state index contributed by atoms with van der Waals surface area (Å²) in [4.78, 5) is 21.1. The fourth-order valence-corrected chi connectivity index (χ4v) is 1.84. The summed E-state index contributed by atoms with van der Waals surface area (Å²) < 4.78 is 0. The second-order valence-corrected chi connectivity index (χ2v) is 4.46. The topological polar surface area (TPSA) is 74.6 Å². The SMILES string of the molecule is CCC=C(CCCCCCCCC(=O)O)C(=O)O. The summed E-state index contributed by atoms with van der Waals surface area (Å²) >= 11 is 0. The van der Waals surface area contributed by atoms with Crippen LogP contribution in [-0.4, -0.2) is 22.2 Å². The van der Waals surface area contributed by atoms with E-state index in [1.165, 1.54) is 0 Å². The molecular formula is C14H24O4. The maximum absolute atomic E-state index is 10.8. The average Bonchev–Trinajstić information content (AvgIpc) is 2.30. The van der Waals surface area contributed by atoms with Gasteiger partial charge in [0.1, 0.15) is 0 Å². The first-order valence-electron chi connectivity index (χ1n) is 6.72. The molecule has 0 aromatic heterocycles. The molecule has 0 radical (unpaired) electrons. The molecule has 0 unspecified atom stereocenters. The number of unbranched alkanes of at least 4 members (excludes halogenated alkanes) is 5. The van der Waals surface area contributed by atoms with E-state index in [9.17, 15) is 9.59 Å². The Bertz CT molecular complexity index is 282. The third-order valence-electron chi connectivity index (χ3n) is 2.81. The smallest absolute Gasteiger partial charge is 0.331 e. The first kappa shape index (κ1) is 16.7. The van der Waals surface area contributed by atoms with E-state index in [2.05, 4.69) is 0 Å². The number of carboxylic acid groups (broad SMARTS) is 2. The van der Waals surface area contributed by atoms with Crippen molar-refractivity contribution in [3.8, 4) is 0 Å². The summed E-state index contributed by atoms with van der Waals surface area (Å²) in [5.41, 5.74) is 0.517. The highest BCUT2D eigenvalue weighted by atomic mass is 16.4. The van der Waals surface area contributed by atoms with E-state index in [1.807, 2.05) is 6.92 Å². The molecule has 4 nitrogen and oxygen atoms in total. The third kappa shape index (κ3) is 9.87. The predicted octanol–water partition coefficient (Wildman–Crippen LogP) is 3.61. The lowest BCUT2D eigenvalue weighted by molar-refractivity contribution is -0.137. The van der Waals surface area contributed by atoms with Crippen molar-refractivity contribution in [1.29, 1.82) is 0 Å². The zero-order chi connectivity index (χ0) is 13.8. The molecule has 0 fully saturated rings. The Kier molecular flexibility index (Phi) is 10.0. The van der Waals surface area contributed by atoms with Crippen LogP contribution in [0.1, 0.15) is 64.7 Å². The van der Waals surface area contributed by atoms with Gasteiger partial charge in [-0.2, -0.15) is 0 Å². The first-order chi connectivity index (χ1) is 8.57. The van der Waals surface area contributed by atoms with E-state index in [0.717, 1.165) is 44.9 Å². The highest BCUT2D eigenvalue weighted by molar-refractivity contribution is 5.86. The van der Waals surface area contributed by atoms with Crippen LogP contribution in [0.2, 0.25) is 0 Å². The van der Waals surface area contributed by atoms with Crippen LogP contribution in [0.5, 0.6) is 0 Å². The average molecular weight is 256 g/mol. The lowest BCUT2D eigenvalue weighted by atomic mass is 10.0. The van der Waals surface area contributed by atoms with Gasteiger partial charge in [0.15, 0.2) is 0 Å². The molecule has 0 aliphatic rings. The minimum Gasteiger partial charge on any atom is -0.481 e. The van der Waals surface area contributed by atoms with Gasteiger partial charge in [-0.3, -0.25) is 4.79 Å². The van der Waals surface area contributed by atoms with Gasteiger partial charge in [0.2, 0.25) is 0 Å². The van der Waals surface area contributed by atoms with Crippen molar-refractivity contribution in [2.75, 3.05) is 0 Å². The first-order valence-corrected chi connectivity index (χ1v) is 6.72. The molecule has 0 heterocycles. The van der Waals surface area contributed by atoms with Gasteiger partial charge in [0.05, 0.1) is 0 Å². The molecule has 4 heteroatoms. The largest absolute Gasteiger partial charge is 0.481 e. The summed E-state index contributed by atoms with van der Waals surface area (Å²) in [5.74, 6) is -1.54. The second-order valence-electron chi connectivity index (χ2n) is 4.46. The van der Waals surface area contributed by atoms with Crippen molar-refractivity contribution in [3.05, 3.63) is 11.6 Å². The predicted molar refractivity (Wildman–Crippen MR) is 70.6 cm³/mol. The normalized spacial score (nSPS) is 11.5. The van der Waals surface area contributed by atoms with Gasteiger partial charge < -0.3 is 10.2 Å². The van der Waals surface area contributed by atoms with Crippen molar-refractivity contribution in [3.63, 3.8) is 0 Å². The maximum Gasteiger partial charge on any atom is 0.331 e. The Hall–Kier alpha value is -1.32. The van der Waals surface area contributed by atoms with Gasteiger partial charge in [0, 0.05) is 12.0 Å². The van der Waals surface area contributed by atoms with Gasteiger partial charge >= 0.3 is 11.9 Å². The van der Waals surface area contributed by atoms with Crippen molar-refractivity contribution in [2.45, 2.75) is 64.7 Å². The summed E-state index contributed by atoms with van der Waals surface area (Å²) in [7, 11) is 0. The molecule has 0 aliphatic heterocycles. The molecule has 18 heavy (non-hydrogen) atoms. The summed E-state index contributed by atoms with van der Waals surface area (Å²) in [6.07, 6.45) is 9.12. The van der Waals surface area contributed by atoms with E-state index in [0.29, 0.717) is 12.0 Å². The van der Waals surface area contributed by atoms with Crippen LogP contribution in [0.4, 0.5) is 0 Å². The fraction of sp³-hybridized carbons (Fsp3) is 0.714. The monoisotopic (exact) mass is 256 g/mol. The summed E-state index contributed by atoms with van der Waals surface area (Å²) in [6, 6.07) is 0. The Morgan fingerprint density at radius 2 is 1.39 bits per heavy atom. The molecule has 0 aromatic rings. The number of allylic oxidation sites excluding steroid dienone is 1. The Morgan fingerprint density at radius 1 is 0.889 bits per heavy atom. The molecule has 0 amide bonds. The highest BCUT2D eigenvalue weighted by Crippen LogP contribution is 2.13. The van der Waals surface area contributed by atoms with Gasteiger partial charge in [-0.25, -0.2) is 4.79 Å². The van der Waals surface area contributed by atoms with Crippen molar-refractivity contribution in [2.24, 2.45) is 0 Å². The van der Waals surface area contributed by atoms with Crippen LogP contribution in [0.25, 0.3) is 0 Å². The Labute approximate surface area is 109 Å². The molecule has 0 aromatic carbocycles. The van der Waals surface area contributed by atoms with Gasteiger partial charge in [-0.15, -0.1) is 0 Å². The van der Waals surface area contributed by atoms with Crippen LogP contribution < -0.4 is 0 Å². The summed E-state index contributed by atoms with van der Waals surface area (Å²) in [5, 5.41) is 17.4. The molecule has 104 valence electrons. The van der Waals surface area contributed by atoms with E-state index >= 15 is 0 Å².